The van der Waals surface area contributed by atoms with E-state index in [1.807, 2.05) is 0 Å². The number of aromatic hydroxyl groups is 1. The molecule has 0 aliphatic heterocycles. The molecule has 9 nitrogen and oxygen atoms in total. The lowest BCUT2D eigenvalue weighted by Crippen LogP contribution is -2.23. The molecule has 0 saturated carbocycles. The number of nitrogens with zero attached hydrogens (tertiary/aromatic N) is 2. The van der Waals surface area contributed by atoms with Gasteiger partial charge in [0.25, 0.3) is 0 Å². The first-order valence-corrected chi connectivity index (χ1v) is 7.65. The molecular weight excluding hydrogens is 360 g/mol. The molecule has 0 fully saturated rings. The second-order valence-corrected chi connectivity index (χ2v) is 5.31. The van der Waals surface area contributed by atoms with Gasteiger partial charge in [0.1, 0.15) is 0 Å². The molecule has 0 heterocycles. The maximum absolute atomic E-state index is 10.8. The highest BCUT2D eigenvalue weighted by Gasteiger charge is 2.12. The summed E-state index contributed by atoms with van der Waals surface area (Å²) in [6, 6.07) is 9.09. The molecule has 2 rings (SSSR count). The molecule has 0 aliphatic carbocycles. The zero-order chi connectivity index (χ0) is 19.1. The van der Waals surface area contributed by atoms with E-state index in [4.69, 9.17) is 21.7 Å². The van der Waals surface area contributed by atoms with Crippen molar-refractivity contribution in [2.75, 3.05) is 19.5 Å². The van der Waals surface area contributed by atoms with Crippen LogP contribution in [0.25, 0.3) is 0 Å². The maximum Gasteiger partial charge on any atom is 0.311 e. The summed E-state index contributed by atoms with van der Waals surface area (Å²) in [4.78, 5) is 10.1. The molecule has 0 atom stereocenters. The van der Waals surface area contributed by atoms with Crippen LogP contribution in [-0.4, -0.2) is 35.6 Å². The van der Waals surface area contributed by atoms with E-state index in [-0.39, 0.29) is 5.11 Å². The lowest BCUT2D eigenvalue weighted by atomic mass is 10.2. The second kappa shape index (κ2) is 8.62. The SMILES string of the molecule is COc1ccc(NC(=S)N/N=C\c2ccc(O)c([N+](=O)[O-])c2)cc1OC. The van der Waals surface area contributed by atoms with E-state index in [0.29, 0.717) is 22.7 Å². The van der Waals surface area contributed by atoms with Crippen LogP contribution in [0.3, 0.4) is 0 Å². The Morgan fingerprint density at radius 2 is 1.96 bits per heavy atom. The first kappa shape index (κ1) is 18.9. The number of nitro groups is 1. The van der Waals surface area contributed by atoms with E-state index in [1.54, 1.807) is 25.3 Å². The molecule has 0 aromatic heterocycles. The van der Waals surface area contributed by atoms with Gasteiger partial charge in [-0.3, -0.25) is 15.5 Å². The molecule has 0 aliphatic rings. The molecule has 0 amide bonds. The highest BCUT2D eigenvalue weighted by atomic mass is 32.1. The number of ether oxygens (including phenoxy) is 2. The Kier molecular flexibility index (Phi) is 6.28. The Balaban J connectivity index is 1.99. The van der Waals surface area contributed by atoms with Crippen LogP contribution in [0.4, 0.5) is 11.4 Å². The van der Waals surface area contributed by atoms with E-state index < -0.39 is 16.4 Å². The minimum Gasteiger partial charge on any atom is -0.502 e. The van der Waals surface area contributed by atoms with Crippen molar-refractivity contribution >= 4 is 34.9 Å². The van der Waals surface area contributed by atoms with E-state index in [0.717, 1.165) is 0 Å². The molecule has 0 spiro atoms. The summed E-state index contributed by atoms with van der Waals surface area (Å²) in [5.41, 5.74) is 3.28. The third kappa shape index (κ3) is 4.80. The minimum atomic E-state index is -0.677. The van der Waals surface area contributed by atoms with E-state index in [1.165, 1.54) is 31.5 Å². The molecular formula is C16H16N4O5S. The predicted molar refractivity (Wildman–Crippen MR) is 101 cm³/mol. The fourth-order valence-electron chi connectivity index (χ4n) is 2.01. The normalized spacial score (nSPS) is 10.4. The van der Waals surface area contributed by atoms with E-state index in [2.05, 4.69) is 15.8 Å². The van der Waals surface area contributed by atoms with Crippen molar-refractivity contribution in [2.45, 2.75) is 0 Å². The van der Waals surface area contributed by atoms with Crippen molar-refractivity contribution in [1.29, 1.82) is 0 Å². The van der Waals surface area contributed by atoms with Gasteiger partial charge in [0.15, 0.2) is 22.4 Å². The van der Waals surface area contributed by atoms with E-state index >= 15 is 0 Å². The smallest absolute Gasteiger partial charge is 0.311 e. The Hall–Kier alpha value is -3.40. The zero-order valence-electron chi connectivity index (χ0n) is 13.9. The number of rotatable bonds is 6. The number of hydrogen-bond acceptors (Lipinski definition) is 7. The molecule has 0 radical (unpaired) electrons. The number of phenolic OH excluding ortho intramolecular Hbond substituents is 1. The van der Waals surface area contributed by atoms with Crippen LogP contribution in [0.2, 0.25) is 0 Å². The minimum absolute atomic E-state index is 0.210. The van der Waals surface area contributed by atoms with Gasteiger partial charge >= 0.3 is 5.69 Å². The lowest BCUT2D eigenvalue weighted by Gasteiger charge is -2.11. The number of hydrogen-bond donors (Lipinski definition) is 3. The molecule has 0 saturated heterocycles. The monoisotopic (exact) mass is 376 g/mol. The average Bonchev–Trinajstić information content (AvgIpc) is 2.62. The van der Waals surface area contributed by atoms with Crippen LogP contribution >= 0.6 is 12.2 Å². The Bertz CT molecular complexity index is 857. The molecule has 10 heteroatoms. The van der Waals surface area contributed by atoms with Crippen LogP contribution in [0.5, 0.6) is 17.2 Å². The quantitative estimate of drug-likeness (QED) is 0.305. The summed E-state index contributed by atoms with van der Waals surface area (Å²) in [5.74, 6) is 0.717. The number of nitrogens with one attached hydrogen (secondary N) is 2. The Morgan fingerprint density at radius 3 is 2.62 bits per heavy atom. The summed E-state index contributed by atoms with van der Waals surface area (Å²) in [6.07, 6.45) is 1.34. The third-order valence-electron chi connectivity index (χ3n) is 3.22. The molecule has 26 heavy (non-hydrogen) atoms. The van der Waals surface area contributed by atoms with Gasteiger partial charge in [0.2, 0.25) is 0 Å². The predicted octanol–water partition coefficient (Wildman–Crippen LogP) is 2.64. The van der Waals surface area contributed by atoms with E-state index in [9.17, 15) is 15.2 Å². The lowest BCUT2D eigenvalue weighted by molar-refractivity contribution is -0.385. The van der Waals surface area contributed by atoms with Crippen LogP contribution in [-0.2, 0) is 0 Å². The highest BCUT2D eigenvalue weighted by molar-refractivity contribution is 7.80. The summed E-state index contributed by atoms with van der Waals surface area (Å²) in [6.45, 7) is 0. The van der Waals surface area contributed by atoms with Crippen molar-refractivity contribution in [3.63, 3.8) is 0 Å². The van der Waals surface area contributed by atoms with Crippen molar-refractivity contribution in [3.8, 4) is 17.2 Å². The Morgan fingerprint density at radius 1 is 1.23 bits per heavy atom. The number of nitro benzene ring substituents is 1. The molecule has 0 unspecified atom stereocenters. The topological polar surface area (TPSA) is 118 Å². The van der Waals surface area contributed by atoms with Gasteiger partial charge in [0, 0.05) is 23.4 Å². The fourth-order valence-corrected chi connectivity index (χ4v) is 2.18. The van der Waals surface area contributed by atoms with Gasteiger partial charge in [-0.05, 0) is 36.5 Å². The van der Waals surface area contributed by atoms with Gasteiger partial charge in [0.05, 0.1) is 25.4 Å². The van der Waals surface area contributed by atoms with Crippen LogP contribution in [0, 0.1) is 10.1 Å². The summed E-state index contributed by atoms with van der Waals surface area (Å²) < 4.78 is 10.4. The van der Waals surface area contributed by atoms with Crippen molar-refractivity contribution < 1.29 is 19.5 Å². The summed E-state index contributed by atoms with van der Waals surface area (Å²) in [5, 5.41) is 27.2. The number of thiocarbonyl (C=S) groups is 1. The van der Waals surface area contributed by atoms with Gasteiger partial charge < -0.3 is 19.9 Å². The third-order valence-corrected chi connectivity index (χ3v) is 3.41. The molecule has 3 N–H and O–H groups in total. The van der Waals surface area contributed by atoms with Gasteiger partial charge in [-0.2, -0.15) is 5.10 Å². The first-order chi connectivity index (χ1) is 12.4. The molecule has 2 aromatic carbocycles. The maximum atomic E-state index is 10.8. The molecule has 0 bridgehead atoms. The number of phenols is 1. The summed E-state index contributed by atoms with van der Waals surface area (Å²) in [7, 11) is 3.07. The molecule has 136 valence electrons. The summed E-state index contributed by atoms with van der Waals surface area (Å²) >= 11 is 5.12. The van der Waals surface area contributed by atoms with Gasteiger partial charge in [-0.1, -0.05) is 0 Å². The van der Waals surface area contributed by atoms with Gasteiger partial charge in [-0.15, -0.1) is 0 Å². The average molecular weight is 376 g/mol. The number of hydrazone groups is 1. The fraction of sp³-hybridized carbons (Fsp3) is 0.125. The largest absolute Gasteiger partial charge is 0.502 e. The van der Waals surface area contributed by atoms with Crippen molar-refractivity contribution in [2.24, 2.45) is 5.10 Å². The first-order valence-electron chi connectivity index (χ1n) is 7.24. The van der Waals surface area contributed by atoms with Crippen molar-refractivity contribution in [1.82, 2.24) is 5.43 Å². The standard InChI is InChI=1S/C16H16N4O5S/c1-24-14-6-4-11(8-15(14)25-2)18-16(26)19-17-9-10-3-5-13(21)12(7-10)20(22)23/h3-9,21H,1-2H3,(H2,18,19,26)/b17-9-. The zero-order valence-corrected chi connectivity index (χ0v) is 14.7. The molecule has 2 aromatic rings. The Labute approximate surface area is 154 Å². The van der Waals surface area contributed by atoms with Crippen LogP contribution in [0.15, 0.2) is 41.5 Å². The van der Waals surface area contributed by atoms with Crippen LogP contribution in [0.1, 0.15) is 5.56 Å². The second-order valence-electron chi connectivity index (χ2n) is 4.90. The highest BCUT2D eigenvalue weighted by Crippen LogP contribution is 2.29. The number of anilines is 1. The van der Waals surface area contributed by atoms with Crippen LogP contribution < -0.4 is 20.2 Å². The number of benzene rings is 2. The number of methoxy groups -OCH3 is 2. The van der Waals surface area contributed by atoms with Crippen molar-refractivity contribution in [3.05, 3.63) is 52.1 Å². The van der Waals surface area contributed by atoms with Gasteiger partial charge in [-0.25, -0.2) is 0 Å².